The second-order valence-electron chi connectivity index (χ2n) is 13.6. The SMILES string of the molecule is CC(C)(C)NC(=O)C1CN(Cc2cccnc2)CCN1CC(O)C[C@@H](Cc1ccccc1)C(=O)N[C@H]1c2ccccc2CC1O. The van der Waals surface area contributed by atoms with Gasteiger partial charge in [-0.1, -0.05) is 60.7 Å². The third-order valence-corrected chi connectivity index (χ3v) is 8.70. The fourth-order valence-electron chi connectivity index (χ4n) is 6.56. The number of β-amino-alcohol motifs (C(OH)–C–C–N with tert-alkyl or cyclic N) is 1. The van der Waals surface area contributed by atoms with Crippen LogP contribution >= 0.6 is 0 Å². The van der Waals surface area contributed by atoms with Crippen molar-refractivity contribution >= 4 is 11.8 Å². The summed E-state index contributed by atoms with van der Waals surface area (Å²) < 4.78 is 0. The fraction of sp³-hybridized carbons (Fsp3) is 0.472. The van der Waals surface area contributed by atoms with E-state index in [0.717, 1.165) is 28.8 Å². The summed E-state index contributed by atoms with van der Waals surface area (Å²) in [6.07, 6.45) is 3.26. The van der Waals surface area contributed by atoms with Gasteiger partial charge in [0.05, 0.1) is 18.2 Å². The molecule has 3 aromatic rings. The van der Waals surface area contributed by atoms with E-state index in [1.54, 1.807) is 6.20 Å². The molecule has 1 aliphatic carbocycles. The van der Waals surface area contributed by atoms with E-state index < -0.39 is 35.7 Å². The van der Waals surface area contributed by atoms with Gasteiger partial charge in [0.1, 0.15) is 6.04 Å². The highest BCUT2D eigenvalue weighted by atomic mass is 16.3. The molecule has 1 fully saturated rings. The Morgan fingerprint density at radius 2 is 1.73 bits per heavy atom. The van der Waals surface area contributed by atoms with Gasteiger partial charge >= 0.3 is 0 Å². The van der Waals surface area contributed by atoms with E-state index in [1.165, 1.54) is 0 Å². The molecule has 2 heterocycles. The molecule has 2 aromatic carbocycles. The summed E-state index contributed by atoms with van der Waals surface area (Å²) in [7, 11) is 0. The number of aliphatic hydroxyl groups excluding tert-OH is 2. The minimum absolute atomic E-state index is 0.0712. The van der Waals surface area contributed by atoms with Crippen LogP contribution in [0.5, 0.6) is 0 Å². The predicted molar refractivity (Wildman–Crippen MR) is 174 cm³/mol. The number of carbonyl (C=O) groups excluding carboxylic acids is 2. The molecule has 5 atom stereocenters. The summed E-state index contributed by atoms with van der Waals surface area (Å²) >= 11 is 0. The van der Waals surface area contributed by atoms with Crippen LogP contribution in [-0.4, -0.2) is 86.8 Å². The average molecular weight is 614 g/mol. The van der Waals surface area contributed by atoms with E-state index in [-0.39, 0.29) is 24.8 Å². The van der Waals surface area contributed by atoms with E-state index in [4.69, 9.17) is 0 Å². The lowest BCUT2D eigenvalue weighted by molar-refractivity contribution is -0.132. The lowest BCUT2D eigenvalue weighted by atomic mass is 9.91. The zero-order valence-electron chi connectivity index (χ0n) is 26.6. The van der Waals surface area contributed by atoms with E-state index in [2.05, 4.69) is 25.4 Å². The molecular weight excluding hydrogens is 566 g/mol. The van der Waals surface area contributed by atoms with Gasteiger partial charge in [0.2, 0.25) is 11.8 Å². The van der Waals surface area contributed by atoms with Gasteiger partial charge in [0.15, 0.2) is 0 Å². The lowest BCUT2D eigenvalue weighted by Gasteiger charge is -2.42. The van der Waals surface area contributed by atoms with Gasteiger partial charge in [-0.3, -0.25) is 24.4 Å². The summed E-state index contributed by atoms with van der Waals surface area (Å²) in [5, 5.41) is 28.5. The number of piperazine rings is 1. The molecule has 1 saturated heterocycles. The molecule has 2 aliphatic rings. The van der Waals surface area contributed by atoms with Crippen LogP contribution in [0.2, 0.25) is 0 Å². The Morgan fingerprint density at radius 1 is 1.00 bits per heavy atom. The number of pyridine rings is 1. The van der Waals surface area contributed by atoms with Gasteiger partial charge in [0, 0.05) is 63.0 Å². The van der Waals surface area contributed by atoms with Gasteiger partial charge in [-0.05, 0) is 61.9 Å². The molecule has 1 aliphatic heterocycles. The average Bonchev–Trinajstić information content (AvgIpc) is 3.32. The summed E-state index contributed by atoms with van der Waals surface area (Å²) in [4.78, 5) is 35.9. The number of nitrogens with one attached hydrogen (secondary N) is 2. The van der Waals surface area contributed by atoms with Crippen molar-refractivity contribution < 1.29 is 19.8 Å². The standard InChI is InChI=1S/C36H47N5O4/c1-36(2,3)39-35(45)31-24-40(22-26-12-9-15-37-21-26)16-17-41(31)23-29(42)19-28(18-25-10-5-4-6-11-25)34(44)38-33-30-14-8-7-13-27(30)20-32(33)43/h4-15,21,28-29,31-33,42-43H,16-20,22-24H2,1-3H3,(H,38,44)(H,39,45)/t28-,29?,31?,32?,33+/m1/s1. The zero-order valence-corrected chi connectivity index (χ0v) is 26.6. The number of rotatable bonds is 11. The maximum absolute atomic E-state index is 13.8. The van der Waals surface area contributed by atoms with E-state index >= 15 is 0 Å². The molecule has 9 heteroatoms. The predicted octanol–water partition coefficient (Wildman–Crippen LogP) is 2.87. The van der Waals surface area contributed by atoms with E-state index in [1.807, 2.05) is 93.7 Å². The van der Waals surface area contributed by atoms with Gasteiger partial charge in [-0.15, -0.1) is 0 Å². The normalized spacial score (nSPS) is 21.9. The minimum Gasteiger partial charge on any atom is -0.392 e. The highest BCUT2D eigenvalue weighted by Gasteiger charge is 2.37. The van der Waals surface area contributed by atoms with Crippen LogP contribution in [0, 0.1) is 5.92 Å². The molecule has 0 bridgehead atoms. The number of aromatic nitrogens is 1. The second-order valence-corrected chi connectivity index (χ2v) is 13.6. The molecule has 9 nitrogen and oxygen atoms in total. The topological polar surface area (TPSA) is 118 Å². The number of aliphatic hydroxyl groups is 2. The summed E-state index contributed by atoms with van der Waals surface area (Å²) in [6.45, 7) is 8.74. The van der Waals surface area contributed by atoms with Crippen LogP contribution in [0.1, 0.15) is 55.5 Å². The Hall–Kier alpha value is -3.63. The van der Waals surface area contributed by atoms with Gasteiger partial charge < -0.3 is 20.8 Å². The molecular formula is C36H47N5O4. The number of benzene rings is 2. The highest BCUT2D eigenvalue weighted by Crippen LogP contribution is 2.32. The van der Waals surface area contributed by atoms with Crippen LogP contribution < -0.4 is 10.6 Å². The molecule has 240 valence electrons. The van der Waals surface area contributed by atoms with Crippen molar-refractivity contribution in [2.75, 3.05) is 26.2 Å². The molecule has 4 N–H and O–H groups in total. The summed E-state index contributed by atoms with van der Waals surface area (Å²) in [5.74, 6) is -0.781. The molecule has 1 aromatic heterocycles. The minimum atomic E-state index is -0.833. The number of hydrogen-bond acceptors (Lipinski definition) is 7. The Bertz CT molecular complexity index is 1410. The van der Waals surface area contributed by atoms with Crippen molar-refractivity contribution in [2.45, 2.75) is 76.4 Å². The Labute approximate surface area is 266 Å². The van der Waals surface area contributed by atoms with Crippen LogP contribution in [0.15, 0.2) is 79.1 Å². The molecule has 45 heavy (non-hydrogen) atoms. The first-order valence-corrected chi connectivity index (χ1v) is 16.0. The Morgan fingerprint density at radius 3 is 2.47 bits per heavy atom. The molecule has 0 spiro atoms. The summed E-state index contributed by atoms with van der Waals surface area (Å²) in [6, 6.07) is 20.6. The maximum atomic E-state index is 13.8. The number of fused-ring (bicyclic) bond motifs is 1. The molecule has 3 unspecified atom stereocenters. The molecule has 2 amide bonds. The van der Waals surface area contributed by atoms with E-state index in [0.29, 0.717) is 32.5 Å². The maximum Gasteiger partial charge on any atom is 0.239 e. The van der Waals surface area contributed by atoms with Crippen molar-refractivity contribution in [3.63, 3.8) is 0 Å². The number of carbonyl (C=O) groups is 2. The second kappa shape index (κ2) is 14.6. The van der Waals surface area contributed by atoms with Gasteiger partial charge in [0.25, 0.3) is 0 Å². The Balaban J connectivity index is 1.29. The molecule has 5 rings (SSSR count). The Kier molecular flexibility index (Phi) is 10.7. The monoisotopic (exact) mass is 613 g/mol. The zero-order chi connectivity index (χ0) is 32.0. The molecule has 0 saturated carbocycles. The fourth-order valence-corrected chi connectivity index (χ4v) is 6.56. The van der Waals surface area contributed by atoms with Crippen LogP contribution in [-0.2, 0) is 29.0 Å². The number of nitrogens with zero attached hydrogens (tertiary/aromatic N) is 3. The van der Waals surface area contributed by atoms with Crippen molar-refractivity contribution in [2.24, 2.45) is 5.92 Å². The first-order valence-electron chi connectivity index (χ1n) is 16.0. The van der Waals surface area contributed by atoms with Crippen LogP contribution in [0.4, 0.5) is 0 Å². The van der Waals surface area contributed by atoms with Crippen molar-refractivity contribution in [3.8, 4) is 0 Å². The number of amides is 2. The van der Waals surface area contributed by atoms with Crippen molar-refractivity contribution in [3.05, 3.63) is 101 Å². The van der Waals surface area contributed by atoms with Crippen LogP contribution in [0.25, 0.3) is 0 Å². The lowest BCUT2D eigenvalue weighted by Crippen LogP contribution is -2.61. The quantitative estimate of drug-likeness (QED) is 0.263. The van der Waals surface area contributed by atoms with E-state index in [9.17, 15) is 19.8 Å². The highest BCUT2D eigenvalue weighted by molar-refractivity contribution is 5.83. The summed E-state index contributed by atoms with van der Waals surface area (Å²) in [5.41, 5.74) is 3.68. The van der Waals surface area contributed by atoms with Gasteiger partial charge in [-0.25, -0.2) is 0 Å². The van der Waals surface area contributed by atoms with Crippen LogP contribution in [0.3, 0.4) is 0 Å². The van der Waals surface area contributed by atoms with Crippen molar-refractivity contribution in [1.82, 2.24) is 25.4 Å². The molecule has 0 radical (unpaired) electrons. The smallest absolute Gasteiger partial charge is 0.239 e. The largest absolute Gasteiger partial charge is 0.392 e. The van der Waals surface area contributed by atoms with Gasteiger partial charge in [-0.2, -0.15) is 0 Å². The third kappa shape index (κ3) is 8.98. The number of hydrogen-bond donors (Lipinski definition) is 4. The first-order chi connectivity index (χ1) is 21.6. The van der Waals surface area contributed by atoms with Crippen molar-refractivity contribution in [1.29, 1.82) is 0 Å². The first kappa shape index (κ1) is 32.8. The third-order valence-electron chi connectivity index (χ3n) is 8.70.